The largest absolute Gasteiger partial charge is 0.335 e. The van der Waals surface area contributed by atoms with Crippen LogP contribution in [0.3, 0.4) is 0 Å². The highest BCUT2D eigenvalue weighted by Crippen LogP contribution is 2.29. The van der Waals surface area contributed by atoms with Gasteiger partial charge in [0.1, 0.15) is 5.02 Å². The van der Waals surface area contributed by atoms with Gasteiger partial charge in [-0.1, -0.05) is 29.3 Å². The first-order valence-electron chi connectivity index (χ1n) is 5.88. The van der Waals surface area contributed by atoms with E-state index in [1.54, 1.807) is 4.90 Å². The van der Waals surface area contributed by atoms with Crippen molar-refractivity contribution in [3.8, 4) is 0 Å². The third-order valence-corrected chi connectivity index (χ3v) is 3.53. The Morgan fingerprint density at radius 1 is 1.47 bits per heavy atom. The van der Waals surface area contributed by atoms with Crippen LogP contribution in [0.25, 0.3) is 0 Å². The molecule has 1 aliphatic rings. The molecule has 0 saturated carbocycles. The number of benzene rings is 1. The van der Waals surface area contributed by atoms with Gasteiger partial charge in [-0.2, -0.15) is 0 Å². The summed E-state index contributed by atoms with van der Waals surface area (Å²) in [4.78, 5) is 24.1. The molecule has 0 N–H and O–H groups in total. The molecule has 2 rings (SSSR count). The first-order valence-corrected chi connectivity index (χ1v) is 6.26. The van der Waals surface area contributed by atoms with Crippen molar-refractivity contribution in [1.29, 1.82) is 0 Å². The molecule has 0 aromatic heterocycles. The van der Waals surface area contributed by atoms with Gasteiger partial charge in [0.2, 0.25) is 0 Å². The van der Waals surface area contributed by atoms with Crippen molar-refractivity contribution in [1.82, 2.24) is 4.90 Å². The normalized spacial score (nSPS) is 15.1. The van der Waals surface area contributed by atoms with Crippen LogP contribution in [-0.4, -0.2) is 28.8 Å². The van der Waals surface area contributed by atoms with Crippen molar-refractivity contribution >= 4 is 23.2 Å². The van der Waals surface area contributed by atoms with Crippen molar-refractivity contribution in [2.24, 2.45) is 0 Å². The van der Waals surface area contributed by atoms with E-state index in [1.807, 2.05) is 13.0 Å². The molecule has 0 bridgehead atoms. The standard InChI is InChI=1S/C13H13ClN2O3/c1-9-5-7-15(8-6-9)13(17)10-3-2-4-11(12(10)14)16(18)19/h2-5H,6-8H2,1H3. The fourth-order valence-electron chi connectivity index (χ4n) is 1.95. The summed E-state index contributed by atoms with van der Waals surface area (Å²) in [5.41, 5.74) is 1.19. The second-order valence-electron chi connectivity index (χ2n) is 4.45. The second kappa shape index (κ2) is 5.40. The Morgan fingerprint density at radius 3 is 2.79 bits per heavy atom. The van der Waals surface area contributed by atoms with Crippen LogP contribution in [0, 0.1) is 10.1 Å². The molecule has 0 fully saturated rings. The van der Waals surface area contributed by atoms with Crippen LogP contribution >= 0.6 is 11.6 Å². The van der Waals surface area contributed by atoms with Crippen LogP contribution in [0.4, 0.5) is 5.69 Å². The van der Waals surface area contributed by atoms with Gasteiger partial charge in [-0.05, 0) is 19.4 Å². The molecule has 0 radical (unpaired) electrons. The number of halogens is 1. The van der Waals surface area contributed by atoms with Gasteiger partial charge in [0.15, 0.2) is 0 Å². The Hall–Kier alpha value is -1.88. The zero-order chi connectivity index (χ0) is 14.0. The zero-order valence-electron chi connectivity index (χ0n) is 10.4. The Balaban J connectivity index is 2.30. The van der Waals surface area contributed by atoms with E-state index in [2.05, 4.69) is 0 Å². The number of hydrogen-bond acceptors (Lipinski definition) is 3. The highest BCUT2D eigenvalue weighted by atomic mass is 35.5. The molecule has 1 amide bonds. The van der Waals surface area contributed by atoms with Crippen molar-refractivity contribution in [2.75, 3.05) is 13.1 Å². The van der Waals surface area contributed by atoms with E-state index in [0.717, 1.165) is 6.42 Å². The van der Waals surface area contributed by atoms with Gasteiger partial charge in [0.05, 0.1) is 10.5 Å². The van der Waals surface area contributed by atoms with Gasteiger partial charge in [0, 0.05) is 19.2 Å². The number of nitro benzene ring substituents is 1. The van der Waals surface area contributed by atoms with E-state index in [0.29, 0.717) is 13.1 Å². The topological polar surface area (TPSA) is 63.5 Å². The van der Waals surface area contributed by atoms with E-state index in [-0.39, 0.29) is 22.2 Å². The van der Waals surface area contributed by atoms with E-state index in [1.165, 1.54) is 23.8 Å². The predicted molar refractivity (Wildman–Crippen MR) is 72.4 cm³/mol. The molecule has 1 aromatic carbocycles. The number of carbonyl (C=O) groups excluding carboxylic acids is 1. The van der Waals surface area contributed by atoms with Gasteiger partial charge in [0.25, 0.3) is 11.6 Å². The molecular weight excluding hydrogens is 268 g/mol. The van der Waals surface area contributed by atoms with E-state index in [4.69, 9.17) is 11.6 Å². The quantitative estimate of drug-likeness (QED) is 0.475. The molecule has 1 heterocycles. The number of amides is 1. The molecule has 19 heavy (non-hydrogen) atoms. The Bertz CT molecular complexity index is 569. The Kier molecular flexibility index (Phi) is 3.85. The maximum atomic E-state index is 12.3. The third-order valence-electron chi connectivity index (χ3n) is 3.13. The first kappa shape index (κ1) is 13.5. The van der Waals surface area contributed by atoms with Gasteiger partial charge in [-0.3, -0.25) is 14.9 Å². The molecule has 1 aromatic rings. The minimum absolute atomic E-state index is 0.0937. The maximum Gasteiger partial charge on any atom is 0.288 e. The average Bonchev–Trinajstić information content (AvgIpc) is 2.38. The van der Waals surface area contributed by atoms with E-state index >= 15 is 0 Å². The summed E-state index contributed by atoms with van der Waals surface area (Å²) in [5.74, 6) is -0.266. The number of rotatable bonds is 2. The van der Waals surface area contributed by atoms with Crippen LogP contribution < -0.4 is 0 Å². The lowest BCUT2D eigenvalue weighted by atomic mass is 10.1. The number of nitro groups is 1. The molecule has 5 nitrogen and oxygen atoms in total. The zero-order valence-corrected chi connectivity index (χ0v) is 11.2. The third kappa shape index (κ3) is 2.76. The smallest absolute Gasteiger partial charge is 0.288 e. The molecule has 0 spiro atoms. The molecular formula is C13H13ClN2O3. The number of carbonyl (C=O) groups is 1. The molecule has 100 valence electrons. The summed E-state index contributed by atoms with van der Waals surface area (Å²) in [5, 5.41) is 10.7. The average molecular weight is 281 g/mol. The summed E-state index contributed by atoms with van der Waals surface area (Å²) in [6.45, 7) is 3.14. The minimum atomic E-state index is -0.584. The van der Waals surface area contributed by atoms with Crippen LogP contribution in [0.2, 0.25) is 5.02 Å². The molecule has 0 aliphatic carbocycles. The number of nitrogens with zero attached hydrogens (tertiary/aromatic N) is 2. The van der Waals surface area contributed by atoms with Crippen LogP contribution in [0.5, 0.6) is 0 Å². The predicted octanol–water partition coefficient (Wildman–Crippen LogP) is 3.04. The minimum Gasteiger partial charge on any atom is -0.335 e. The van der Waals surface area contributed by atoms with Gasteiger partial charge in [-0.15, -0.1) is 0 Å². The Morgan fingerprint density at radius 2 is 2.21 bits per heavy atom. The first-order chi connectivity index (χ1) is 9.00. The lowest BCUT2D eigenvalue weighted by Crippen LogP contribution is -2.34. The highest BCUT2D eigenvalue weighted by molar-refractivity contribution is 6.35. The Labute approximate surface area is 115 Å². The van der Waals surface area contributed by atoms with Gasteiger partial charge >= 0.3 is 0 Å². The van der Waals surface area contributed by atoms with Gasteiger partial charge < -0.3 is 4.90 Å². The fraction of sp³-hybridized carbons (Fsp3) is 0.308. The SMILES string of the molecule is CC1=CCN(C(=O)c2cccc([N+](=O)[O-])c2Cl)CC1. The van der Waals surface area contributed by atoms with Crippen molar-refractivity contribution in [3.05, 3.63) is 50.5 Å². The van der Waals surface area contributed by atoms with Crippen molar-refractivity contribution in [3.63, 3.8) is 0 Å². The summed E-state index contributed by atoms with van der Waals surface area (Å²) in [6.07, 6.45) is 2.80. The molecule has 1 aliphatic heterocycles. The lowest BCUT2D eigenvalue weighted by Gasteiger charge is -2.25. The summed E-state index contributed by atoms with van der Waals surface area (Å²) in [6, 6.07) is 4.28. The molecule has 6 heteroatoms. The van der Waals surface area contributed by atoms with Gasteiger partial charge in [-0.25, -0.2) is 0 Å². The number of hydrogen-bond donors (Lipinski definition) is 0. The lowest BCUT2D eigenvalue weighted by molar-refractivity contribution is -0.384. The summed E-state index contributed by atoms with van der Waals surface area (Å²) >= 11 is 5.94. The van der Waals surface area contributed by atoms with Crippen molar-refractivity contribution < 1.29 is 9.72 Å². The van der Waals surface area contributed by atoms with Crippen LogP contribution in [-0.2, 0) is 0 Å². The van der Waals surface area contributed by atoms with Crippen LogP contribution in [0.15, 0.2) is 29.8 Å². The molecule has 0 saturated heterocycles. The van der Waals surface area contributed by atoms with E-state index in [9.17, 15) is 14.9 Å². The maximum absolute atomic E-state index is 12.3. The summed E-state index contributed by atoms with van der Waals surface area (Å²) in [7, 11) is 0. The van der Waals surface area contributed by atoms with Crippen molar-refractivity contribution in [2.45, 2.75) is 13.3 Å². The highest BCUT2D eigenvalue weighted by Gasteiger charge is 2.24. The fourth-order valence-corrected chi connectivity index (χ4v) is 2.23. The van der Waals surface area contributed by atoms with E-state index < -0.39 is 4.92 Å². The molecule has 0 atom stereocenters. The molecule has 0 unspecified atom stereocenters. The van der Waals surface area contributed by atoms with Crippen LogP contribution in [0.1, 0.15) is 23.7 Å². The summed E-state index contributed by atoms with van der Waals surface area (Å²) < 4.78 is 0. The monoisotopic (exact) mass is 280 g/mol. The second-order valence-corrected chi connectivity index (χ2v) is 4.83.